The third kappa shape index (κ3) is 9.68. The minimum atomic E-state index is -0.509. The number of hydrogen-bond acceptors (Lipinski definition) is 5. The Morgan fingerprint density at radius 2 is 1.38 bits per heavy atom. The molecule has 0 spiro atoms. The second-order valence-electron chi connectivity index (χ2n) is 11.3. The molecule has 40 heavy (non-hydrogen) atoms. The Morgan fingerprint density at radius 1 is 0.775 bits per heavy atom. The van der Waals surface area contributed by atoms with Gasteiger partial charge in [0.25, 0.3) is 11.8 Å². The molecule has 0 aliphatic rings. The smallest absolute Gasteiger partial charge is 0.407 e. The molecule has 0 aromatic heterocycles. The molecular weight excluding hydrogens is 504 g/mol. The van der Waals surface area contributed by atoms with Crippen LogP contribution in [-0.2, 0) is 17.7 Å². The molecule has 0 fully saturated rings. The molecule has 0 heterocycles. The number of nitrogens with one attached hydrogen (secondary N) is 2. The highest BCUT2D eigenvalue weighted by Crippen LogP contribution is 2.19. The van der Waals surface area contributed by atoms with Crippen molar-refractivity contribution in [1.29, 1.82) is 0 Å². The molecule has 0 saturated heterocycles. The van der Waals surface area contributed by atoms with E-state index in [1.165, 1.54) is 5.56 Å². The van der Waals surface area contributed by atoms with Crippen LogP contribution in [0, 0.1) is 0 Å². The standard InChI is InChI=1S/C32H42N4O4/c1-32(2,3)40-31(39)34-22-24-11-9-23(10-12-24)8-7-18-36(6)19-17-33-29(37)27-15-13-26-21-28(30(38)35(4)5)16-14-25(26)20-27/h9-16,20-21H,7-8,17-19,22H2,1-6H3,(H,33,37)(H,34,39). The number of nitrogens with zero attached hydrogens (tertiary/aromatic N) is 2. The highest BCUT2D eigenvalue weighted by molar-refractivity contribution is 6.01. The Hall–Kier alpha value is -3.91. The summed E-state index contributed by atoms with van der Waals surface area (Å²) in [4.78, 5) is 40.5. The number of carbonyl (C=O) groups excluding carboxylic acids is 3. The number of rotatable bonds is 11. The normalized spacial score (nSPS) is 11.4. The summed E-state index contributed by atoms with van der Waals surface area (Å²) >= 11 is 0. The van der Waals surface area contributed by atoms with Gasteiger partial charge in [-0.25, -0.2) is 4.79 Å². The van der Waals surface area contributed by atoms with Crippen LogP contribution in [0.4, 0.5) is 4.79 Å². The topological polar surface area (TPSA) is 91.0 Å². The fraction of sp³-hybridized carbons (Fsp3) is 0.406. The van der Waals surface area contributed by atoms with Gasteiger partial charge in [0.2, 0.25) is 0 Å². The Morgan fingerprint density at radius 3 is 2.00 bits per heavy atom. The summed E-state index contributed by atoms with van der Waals surface area (Å²) in [6, 6.07) is 19.3. The zero-order valence-electron chi connectivity index (χ0n) is 24.5. The van der Waals surface area contributed by atoms with Gasteiger partial charge in [-0.2, -0.15) is 0 Å². The van der Waals surface area contributed by atoms with Crippen LogP contribution in [0.1, 0.15) is 59.0 Å². The van der Waals surface area contributed by atoms with Crippen LogP contribution >= 0.6 is 0 Å². The molecule has 0 saturated carbocycles. The predicted octanol–water partition coefficient (Wildman–Crippen LogP) is 4.86. The molecule has 0 atom stereocenters. The molecule has 3 aromatic carbocycles. The SMILES string of the molecule is CN(CCCc1ccc(CNC(=O)OC(C)(C)C)cc1)CCNC(=O)c1ccc2cc(C(=O)N(C)C)ccc2c1. The van der Waals surface area contributed by atoms with Gasteiger partial charge >= 0.3 is 6.09 Å². The molecule has 0 aliphatic carbocycles. The average Bonchev–Trinajstić information content (AvgIpc) is 2.90. The third-order valence-corrected chi connectivity index (χ3v) is 6.40. The number of hydrogen-bond donors (Lipinski definition) is 2. The molecule has 0 aliphatic heterocycles. The van der Waals surface area contributed by atoms with Gasteiger partial charge in [-0.15, -0.1) is 0 Å². The van der Waals surface area contributed by atoms with E-state index in [0.29, 0.717) is 24.2 Å². The van der Waals surface area contributed by atoms with E-state index in [1.54, 1.807) is 31.1 Å². The molecule has 0 bridgehead atoms. The highest BCUT2D eigenvalue weighted by atomic mass is 16.6. The van der Waals surface area contributed by atoms with E-state index in [-0.39, 0.29) is 11.8 Å². The summed E-state index contributed by atoms with van der Waals surface area (Å²) in [6.07, 6.45) is 1.54. The third-order valence-electron chi connectivity index (χ3n) is 6.40. The van der Waals surface area contributed by atoms with Crippen molar-refractivity contribution >= 4 is 28.7 Å². The lowest BCUT2D eigenvalue weighted by Crippen LogP contribution is -2.33. The average molecular weight is 547 g/mol. The lowest BCUT2D eigenvalue weighted by atomic mass is 10.0. The Kier molecular flexibility index (Phi) is 10.7. The van der Waals surface area contributed by atoms with E-state index < -0.39 is 11.7 Å². The van der Waals surface area contributed by atoms with Gasteiger partial charge in [0.15, 0.2) is 0 Å². The first-order valence-corrected chi connectivity index (χ1v) is 13.7. The van der Waals surface area contributed by atoms with Crippen molar-refractivity contribution in [2.75, 3.05) is 40.8 Å². The van der Waals surface area contributed by atoms with Crippen molar-refractivity contribution in [1.82, 2.24) is 20.4 Å². The van der Waals surface area contributed by atoms with Gasteiger partial charge in [-0.05, 0) is 93.4 Å². The van der Waals surface area contributed by atoms with Crippen molar-refractivity contribution in [3.05, 3.63) is 82.9 Å². The fourth-order valence-electron chi connectivity index (χ4n) is 4.22. The van der Waals surface area contributed by atoms with Crippen LogP contribution in [0.2, 0.25) is 0 Å². The highest BCUT2D eigenvalue weighted by Gasteiger charge is 2.15. The van der Waals surface area contributed by atoms with Gasteiger partial charge in [0, 0.05) is 44.9 Å². The van der Waals surface area contributed by atoms with E-state index >= 15 is 0 Å². The maximum atomic E-state index is 12.7. The van der Waals surface area contributed by atoms with Crippen LogP contribution in [0.15, 0.2) is 60.7 Å². The predicted molar refractivity (Wildman–Crippen MR) is 160 cm³/mol. The van der Waals surface area contributed by atoms with Gasteiger partial charge in [0.1, 0.15) is 5.60 Å². The molecular formula is C32H42N4O4. The lowest BCUT2D eigenvalue weighted by Gasteiger charge is -2.19. The zero-order chi connectivity index (χ0) is 29.3. The molecule has 3 rings (SSSR count). The van der Waals surface area contributed by atoms with Crippen LogP contribution in [0.5, 0.6) is 0 Å². The quantitative estimate of drug-likeness (QED) is 0.359. The van der Waals surface area contributed by atoms with E-state index in [4.69, 9.17) is 4.74 Å². The monoisotopic (exact) mass is 546 g/mol. The van der Waals surface area contributed by atoms with E-state index in [1.807, 2.05) is 57.2 Å². The summed E-state index contributed by atoms with van der Waals surface area (Å²) in [6.45, 7) is 8.19. The van der Waals surface area contributed by atoms with Crippen molar-refractivity contribution in [3.63, 3.8) is 0 Å². The molecule has 214 valence electrons. The Bertz CT molecular complexity index is 1310. The molecule has 8 nitrogen and oxygen atoms in total. The number of carbonyl (C=O) groups is 3. The number of alkyl carbamates (subject to hydrolysis) is 1. The van der Waals surface area contributed by atoms with Crippen LogP contribution in [-0.4, -0.2) is 74.1 Å². The molecule has 2 N–H and O–H groups in total. The van der Waals surface area contributed by atoms with E-state index in [9.17, 15) is 14.4 Å². The summed E-state index contributed by atoms with van der Waals surface area (Å²) < 4.78 is 5.27. The van der Waals surface area contributed by atoms with Crippen molar-refractivity contribution in [2.45, 2.75) is 45.8 Å². The van der Waals surface area contributed by atoms with Gasteiger partial charge in [-0.3, -0.25) is 9.59 Å². The molecule has 0 radical (unpaired) electrons. The first-order valence-electron chi connectivity index (χ1n) is 13.7. The van der Waals surface area contributed by atoms with Crippen LogP contribution in [0.25, 0.3) is 10.8 Å². The second-order valence-corrected chi connectivity index (χ2v) is 11.3. The first kappa shape index (κ1) is 30.6. The summed E-state index contributed by atoms with van der Waals surface area (Å²) in [5.41, 5.74) is 3.00. The van der Waals surface area contributed by atoms with Gasteiger partial charge < -0.3 is 25.2 Å². The van der Waals surface area contributed by atoms with E-state index in [2.05, 4.69) is 34.7 Å². The van der Waals surface area contributed by atoms with E-state index in [0.717, 1.165) is 42.3 Å². The maximum Gasteiger partial charge on any atom is 0.407 e. The number of benzene rings is 3. The lowest BCUT2D eigenvalue weighted by molar-refractivity contribution is 0.0523. The van der Waals surface area contributed by atoms with Crippen LogP contribution in [0.3, 0.4) is 0 Å². The molecule has 0 unspecified atom stereocenters. The fourth-order valence-corrected chi connectivity index (χ4v) is 4.22. The van der Waals surface area contributed by atoms with Crippen molar-refractivity contribution in [2.24, 2.45) is 0 Å². The van der Waals surface area contributed by atoms with Crippen LogP contribution < -0.4 is 10.6 Å². The summed E-state index contributed by atoms with van der Waals surface area (Å²) in [5.74, 6) is -0.152. The minimum Gasteiger partial charge on any atom is -0.444 e. The number of amides is 3. The summed E-state index contributed by atoms with van der Waals surface area (Å²) in [7, 11) is 5.51. The zero-order valence-corrected chi connectivity index (χ0v) is 24.5. The minimum absolute atomic E-state index is 0.0459. The first-order chi connectivity index (χ1) is 18.9. The number of aryl methyl sites for hydroxylation is 1. The second kappa shape index (κ2) is 13.9. The Balaban J connectivity index is 1.36. The number of ether oxygens (including phenoxy) is 1. The molecule has 3 amide bonds. The number of fused-ring (bicyclic) bond motifs is 1. The molecule has 3 aromatic rings. The van der Waals surface area contributed by atoms with Gasteiger partial charge in [-0.1, -0.05) is 36.4 Å². The largest absolute Gasteiger partial charge is 0.444 e. The van der Waals surface area contributed by atoms with Crippen molar-refractivity contribution < 1.29 is 19.1 Å². The summed E-state index contributed by atoms with van der Waals surface area (Å²) in [5, 5.41) is 7.63. The van der Waals surface area contributed by atoms with Crippen molar-refractivity contribution in [3.8, 4) is 0 Å². The molecule has 8 heteroatoms. The Labute approximate surface area is 237 Å². The maximum absolute atomic E-state index is 12.7. The van der Waals surface area contributed by atoms with Gasteiger partial charge in [0.05, 0.1) is 0 Å². The number of likely N-dealkylation sites (N-methyl/N-ethyl adjacent to an activating group) is 1.